The van der Waals surface area contributed by atoms with Gasteiger partial charge in [-0.2, -0.15) is 0 Å². The van der Waals surface area contributed by atoms with Gasteiger partial charge in [-0.3, -0.25) is 0 Å². The van der Waals surface area contributed by atoms with Gasteiger partial charge in [-0.1, -0.05) is 0 Å². The molecular formula is C10H12F3NO. The molecule has 0 aromatic heterocycles. The number of hydrogen-bond donors (Lipinski definition) is 1. The third kappa shape index (κ3) is 2.62. The van der Waals surface area contributed by atoms with Crippen LogP contribution in [0.25, 0.3) is 0 Å². The Morgan fingerprint density at radius 3 is 2.60 bits per heavy atom. The molecule has 0 aliphatic heterocycles. The Balaban J connectivity index is 3.13. The number of methoxy groups -OCH3 is 1. The van der Waals surface area contributed by atoms with Crippen LogP contribution in [0.4, 0.5) is 13.2 Å². The number of halogens is 3. The minimum atomic E-state index is -1.52. The van der Waals surface area contributed by atoms with E-state index in [9.17, 15) is 13.2 Å². The highest BCUT2D eigenvalue weighted by Crippen LogP contribution is 2.32. The first-order valence-electron chi connectivity index (χ1n) is 4.47. The Bertz CT molecular complexity index is 344. The molecule has 0 spiro atoms. The van der Waals surface area contributed by atoms with Crippen molar-refractivity contribution < 1.29 is 17.9 Å². The van der Waals surface area contributed by atoms with E-state index in [4.69, 9.17) is 5.73 Å². The zero-order valence-corrected chi connectivity index (χ0v) is 8.27. The number of rotatable bonds is 4. The summed E-state index contributed by atoms with van der Waals surface area (Å²) in [6.07, 6.45) is -1.52. The molecular weight excluding hydrogens is 207 g/mol. The third-order valence-corrected chi connectivity index (χ3v) is 2.00. The van der Waals surface area contributed by atoms with Crippen LogP contribution in [-0.2, 0) is 0 Å². The molecule has 2 nitrogen and oxygen atoms in total. The van der Waals surface area contributed by atoms with Crippen LogP contribution in [0.5, 0.6) is 5.75 Å². The quantitative estimate of drug-likeness (QED) is 0.843. The SMILES string of the molecule is COc1c(F)cc(F)cc1C(F)CCN. The lowest BCUT2D eigenvalue weighted by Crippen LogP contribution is -2.06. The third-order valence-electron chi connectivity index (χ3n) is 2.00. The first-order valence-corrected chi connectivity index (χ1v) is 4.47. The average Bonchev–Trinajstić information content (AvgIpc) is 2.17. The van der Waals surface area contributed by atoms with E-state index < -0.39 is 17.8 Å². The predicted molar refractivity (Wildman–Crippen MR) is 50.4 cm³/mol. The molecule has 1 unspecified atom stereocenters. The van der Waals surface area contributed by atoms with Crippen molar-refractivity contribution in [2.24, 2.45) is 5.73 Å². The first-order chi connectivity index (χ1) is 7.10. The normalized spacial score (nSPS) is 12.6. The van der Waals surface area contributed by atoms with Crippen molar-refractivity contribution in [3.8, 4) is 5.75 Å². The topological polar surface area (TPSA) is 35.2 Å². The molecule has 0 bridgehead atoms. The Morgan fingerprint density at radius 1 is 1.40 bits per heavy atom. The molecule has 1 atom stereocenters. The van der Waals surface area contributed by atoms with Crippen LogP contribution in [0.3, 0.4) is 0 Å². The maximum Gasteiger partial charge on any atom is 0.168 e. The van der Waals surface area contributed by atoms with Crippen LogP contribution in [0, 0.1) is 11.6 Å². The summed E-state index contributed by atoms with van der Waals surface area (Å²) in [5, 5.41) is 0. The fraction of sp³-hybridized carbons (Fsp3) is 0.400. The van der Waals surface area contributed by atoms with Gasteiger partial charge in [0.15, 0.2) is 11.6 Å². The molecule has 0 aliphatic rings. The standard InChI is InChI=1S/C10H12F3NO/c1-15-10-7(8(12)2-3-14)4-6(11)5-9(10)13/h4-5,8H,2-3,14H2,1H3. The molecule has 1 aromatic carbocycles. The van der Waals surface area contributed by atoms with Gasteiger partial charge in [0.1, 0.15) is 12.0 Å². The van der Waals surface area contributed by atoms with Gasteiger partial charge >= 0.3 is 0 Å². The van der Waals surface area contributed by atoms with Gasteiger partial charge in [0.2, 0.25) is 0 Å². The monoisotopic (exact) mass is 219 g/mol. The van der Waals surface area contributed by atoms with Crippen LogP contribution < -0.4 is 10.5 Å². The average molecular weight is 219 g/mol. The molecule has 0 fully saturated rings. The summed E-state index contributed by atoms with van der Waals surface area (Å²) in [5.74, 6) is -2.01. The summed E-state index contributed by atoms with van der Waals surface area (Å²) in [7, 11) is 1.20. The summed E-state index contributed by atoms with van der Waals surface area (Å²) < 4.78 is 44.1. The Hall–Kier alpha value is -1.23. The Morgan fingerprint density at radius 2 is 2.07 bits per heavy atom. The van der Waals surface area contributed by atoms with Crippen LogP contribution in [0.15, 0.2) is 12.1 Å². The molecule has 0 saturated carbocycles. The zero-order chi connectivity index (χ0) is 11.4. The molecule has 15 heavy (non-hydrogen) atoms. The summed E-state index contributed by atoms with van der Waals surface area (Å²) in [6.45, 7) is 0.0997. The van der Waals surface area contributed by atoms with Gasteiger partial charge < -0.3 is 10.5 Å². The van der Waals surface area contributed by atoms with E-state index in [1.807, 2.05) is 0 Å². The molecule has 0 saturated heterocycles. The highest BCUT2D eigenvalue weighted by atomic mass is 19.1. The van der Waals surface area contributed by atoms with E-state index in [1.54, 1.807) is 0 Å². The molecule has 2 N–H and O–H groups in total. The summed E-state index contributed by atoms with van der Waals surface area (Å²) >= 11 is 0. The van der Waals surface area contributed by atoms with Crippen LogP contribution >= 0.6 is 0 Å². The van der Waals surface area contributed by atoms with Crippen LogP contribution in [0.2, 0.25) is 0 Å². The van der Waals surface area contributed by atoms with Gasteiger partial charge in [-0.05, 0) is 19.0 Å². The summed E-state index contributed by atoms with van der Waals surface area (Å²) in [4.78, 5) is 0. The van der Waals surface area contributed by atoms with E-state index in [-0.39, 0.29) is 24.3 Å². The number of nitrogens with two attached hydrogens (primary N) is 1. The van der Waals surface area contributed by atoms with E-state index in [0.29, 0.717) is 6.07 Å². The van der Waals surface area contributed by atoms with Crippen molar-refractivity contribution >= 4 is 0 Å². The van der Waals surface area contributed by atoms with Crippen LogP contribution in [0.1, 0.15) is 18.2 Å². The largest absolute Gasteiger partial charge is 0.493 e. The molecule has 0 amide bonds. The molecule has 1 aromatic rings. The van der Waals surface area contributed by atoms with Gasteiger partial charge in [0, 0.05) is 11.6 Å². The van der Waals surface area contributed by atoms with Gasteiger partial charge in [-0.15, -0.1) is 0 Å². The lowest BCUT2D eigenvalue weighted by atomic mass is 10.1. The fourth-order valence-corrected chi connectivity index (χ4v) is 1.33. The lowest BCUT2D eigenvalue weighted by molar-refractivity contribution is 0.302. The molecule has 84 valence electrons. The van der Waals surface area contributed by atoms with Crippen molar-refractivity contribution in [3.05, 3.63) is 29.3 Å². The zero-order valence-electron chi connectivity index (χ0n) is 8.27. The molecule has 1 rings (SSSR count). The number of benzene rings is 1. The second-order valence-electron chi connectivity index (χ2n) is 3.05. The molecule has 0 aliphatic carbocycles. The minimum Gasteiger partial charge on any atom is -0.493 e. The van der Waals surface area contributed by atoms with Gasteiger partial charge in [0.05, 0.1) is 7.11 Å². The van der Waals surface area contributed by atoms with Crippen molar-refractivity contribution in [2.45, 2.75) is 12.6 Å². The van der Waals surface area contributed by atoms with E-state index >= 15 is 0 Å². The van der Waals surface area contributed by atoms with Crippen molar-refractivity contribution in [2.75, 3.05) is 13.7 Å². The minimum absolute atomic E-state index is 0.000741. The number of hydrogen-bond acceptors (Lipinski definition) is 2. The smallest absolute Gasteiger partial charge is 0.168 e. The highest BCUT2D eigenvalue weighted by molar-refractivity contribution is 5.37. The van der Waals surface area contributed by atoms with Crippen molar-refractivity contribution in [1.29, 1.82) is 0 Å². The molecule has 5 heteroatoms. The summed E-state index contributed by atoms with van der Waals surface area (Å²) in [6, 6.07) is 1.57. The first kappa shape index (κ1) is 11.8. The number of ether oxygens (including phenoxy) is 1. The van der Waals surface area contributed by atoms with Gasteiger partial charge in [-0.25, -0.2) is 13.2 Å². The second-order valence-corrected chi connectivity index (χ2v) is 3.05. The van der Waals surface area contributed by atoms with E-state index in [0.717, 1.165) is 6.07 Å². The lowest BCUT2D eigenvalue weighted by Gasteiger charge is -2.12. The van der Waals surface area contributed by atoms with Crippen molar-refractivity contribution in [3.63, 3.8) is 0 Å². The second kappa shape index (κ2) is 5.02. The summed E-state index contributed by atoms with van der Waals surface area (Å²) in [5.41, 5.74) is 5.03. The van der Waals surface area contributed by atoms with E-state index in [2.05, 4.69) is 4.74 Å². The fourth-order valence-electron chi connectivity index (χ4n) is 1.33. The van der Waals surface area contributed by atoms with Gasteiger partial charge in [0.25, 0.3) is 0 Å². The van der Waals surface area contributed by atoms with Crippen molar-refractivity contribution in [1.82, 2.24) is 0 Å². The maximum atomic E-state index is 13.4. The van der Waals surface area contributed by atoms with Crippen LogP contribution in [-0.4, -0.2) is 13.7 Å². The highest BCUT2D eigenvalue weighted by Gasteiger charge is 2.19. The molecule has 0 heterocycles. The Kier molecular flexibility index (Phi) is 3.96. The van der Waals surface area contributed by atoms with E-state index in [1.165, 1.54) is 7.11 Å². The molecule has 0 radical (unpaired) electrons. The maximum absolute atomic E-state index is 13.4. The Labute approximate surface area is 85.8 Å². The predicted octanol–water partition coefficient (Wildman–Crippen LogP) is 2.33. The number of alkyl halides is 1.